The predicted molar refractivity (Wildman–Crippen MR) is 77.3 cm³/mol. The molecule has 2 heterocycles. The topological polar surface area (TPSA) is 40.5 Å². The Morgan fingerprint density at radius 1 is 1.37 bits per heavy atom. The third-order valence-corrected chi connectivity index (χ3v) is 4.30. The van der Waals surface area contributed by atoms with Gasteiger partial charge in [0.15, 0.2) is 0 Å². The van der Waals surface area contributed by atoms with Crippen LogP contribution in [0.5, 0.6) is 0 Å². The van der Waals surface area contributed by atoms with Gasteiger partial charge in [-0.25, -0.2) is 4.79 Å². The molecule has 0 aliphatic carbocycles. The van der Waals surface area contributed by atoms with Gasteiger partial charge in [0.2, 0.25) is 0 Å². The molecule has 3 rings (SSSR count). The van der Waals surface area contributed by atoms with Gasteiger partial charge in [-0.3, -0.25) is 0 Å². The SMILES string of the molecule is O=C(O)c1ccc2c(c1)CCN2CCc1ccsc1. The summed E-state index contributed by atoms with van der Waals surface area (Å²) in [7, 11) is 0. The van der Waals surface area contributed by atoms with Gasteiger partial charge in [-0.05, 0) is 59.0 Å². The van der Waals surface area contributed by atoms with Crippen molar-refractivity contribution in [2.75, 3.05) is 18.0 Å². The van der Waals surface area contributed by atoms with Gasteiger partial charge >= 0.3 is 5.97 Å². The van der Waals surface area contributed by atoms with E-state index in [9.17, 15) is 4.79 Å². The second-order valence-electron chi connectivity index (χ2n) is 4.77. The summed E-state index contributed by atoms with van der Waals surface area (Å²) in [5, 5.41) is 13.3. The quantitative estimate of drug-likeness (QED) is 0.930. The molecule has 1 aliphatic rings. The highest BCUT2D eigenvalue weighted by Gasteiger charge is 2.20. The van der Waals surface area contributed by atoms with Crippen LogP contribution in [0.15, 0.2) is 35.0 Å². The molecule has 1 aromatic carbocycles. The molecule has 0 radical (unpaired) electrons. The smallest absolute Gasteiger partial charge is 0.335 e. The lowest BCUT2D eigenvalue weighted by atomic mass is 10.1. The Bertz CT molecular complexity index is 592. The molecular weight excluding hydrogens is 258 g/mol. The Labute approximate surface area is 116 Å². The van der Waals surface area contributed by atoms with Crippen LogP contribution in [0.4, 0.5) is 5.69 Å². The van der Waals surface area contributed by atoms with E-state index in [1.807, 2.05) is 12.1 Å². The maximum Gasteiger partial charge on any atom is 0.335 e. The van der Waals surface area contributed by atoms with Crippen LogP contribution >= 0.6 is 11.3 Å². The normalized spacial score (nSPS) is 13.6. The number of thiophene rings is 1. The van der Waals surface area contributed by atoms with E-state index in [-0.39, 0.29) is 0 Å². The molecule has 3 nitrogen and oxygen atoms in total. The van der Waals surface area contributed by atoms with Crippen molar-refractivity contribution in [3.05, 3.63) is 51.7 Å². The first-order valence-corrected chi connectivity index (χ1v) is 7.30. The Morgan fingerprint density at radius 3 is 3.00 bits per heavy atom. The fourth-order valence-corrected chi connectivity index (χ4v) is 3.24. The molecule has 0 amide bonds. The van der Waals surface area contributed by atoms with Gasteiger partial charge in [0.1, 0.15) is 0 Å². The first-order chi connectivity index (χ1) is 9.24. The number of benzene rings is 1. The molecule has 0 saturated carbocycles. The number of fused-ring (bicyclic) bond motifs is 1. The minimum atomic E-state index is -0.848. The van der Waals surface area contributed by atoms with Gasteiger partial charge in [-0.1, -0.05) is 0 Å². The maximum absolute atomic E-state index is 11.0. The molecular formula is C15H15NO2S. The molecule has 0 fully saturated rings. The number of carbonyl (C=O) groups is 1. The van der Waals surface area contributed by atoms with Crippen molar-refractivity contribution < 1.29 is 9.90 Å². The van der Waals surface area contributed by atoms with Gasteiger partial charge in [-0.2, -0.15) is 11.3 Å². The van der Waals surface area contributed by atoms with Gasteiger partial charge in [-0.15, -0.1) is 0 Å². The van der Waals surface area contributed by atoms with Crippen LogP contribution in [0, 0.1) is 0 Å². The third kappa shape index (κ3) is 2.49. The van der Waals surface area contributed by atoms with Crippen molar-refractivity contribution in [3.8, 4) is 0 Å². The average molecular weight is 273 g/mol. The first kappa shape index (κ1) is 12.2. The van der Waals surface area contributed by atoms with Gasteiger partial charge < -0.3 is 10.0 Å². The summed E-state index contributed by atoms with van der Waals surface area (Å²) in [4.78, 5) is 13.3. The van der Waals surface area contributed by atoms with Crippen LogP contribution < -0.4 is 4.90 Å². The second kappa shape index (κ2) is 5.05. The highest BCUT2D eigenvalue weighted by Crippen LogP contribution is 2.29. The fraction of sp³-hybridized carbons (Fsp3) is 0.267. The number of anilines is 1. The van der Waals surface area contributed by atoms with Crippen LogP contribution in [0.1, 0.15) is 21.5 Å². The highest BCUT2D eigenvalue weighted by molar-refractivity contribution is 7.07. The number of nitrogens with zero attached hydrogens (tertiary/aromatic N) is 1. The van der Waals surface area contributed by atoms with E-state index in [0.717, 1.165) is 31.5 Å². The molecule has 0 bridgehead atoms. The molecule has 2 aromatic rings. The van der Waals surface area contributed by atoms with Gasteiger partial charge in [0, 0.05) is 18.8 Å². The number of carboxylic acid groups (broad SMARTS) is 1. The van der Waals surface area contributed by atoms with Gasteiger partial charge in [0.25, 0.3) is 0 Å². The molecule has 1 N–H and O–H groups in total. The zero-order chi connectivity index (χ0) is 13.2. The lowest BCUT2D eigenvalue weighted by molar-refractivity contribution is 0.0697. The van der Waals surface area contributed by atoms with E-state index in [4.69, 9.17) is 5.11 Å². The van der Waals surface area contributed by atoms with Crippen LogP contribution in [0.25, 0.3) is 0 Å². The van der Waals surface area contributed by atoms with Crippen LogP contribution in [0.3, 0.4) is 0 Å². The predicted octanol–water partition coefficient (Wildman–Crippen LogP) is 3.05. The summed E-state index contributed by atoms with van der Waals surface area (Å²) in [6.07, 6.45) is 1.99. The summed E-state index contributed by atoms with van der Waals surface area (Å²) in [6, 6.07) is 7.61. The Morgan fingerprint density at radius 2 is 2.26 bits per heavy atom. The van der Waals surface area contributed by atoms with E-state index in [2.05, 4.69) is 21.7 Å². The van der Waals surface area contributed by atoms with E-state index < -0.39 is 5.97 Å². The summed E-state index contributed by atoms with van der Waals surface area (Å²) >= 11 is 1.73. The lowest BCUT2D eigenvalue weighted by Gasteiger charge is -2.19. The van der Waals surface area contributed by atoms with Crippen molar-refractivity contribution in [2.24, 2.45) is 0 Å². The van der Waals surface area contributed by atoms with E-state index in [0.29, 0.717) is 5.56 Å². The average Bonchev–Trinajstić information content (AvgIpc) is 3.05. The number of rotatable bonds is 4. The summed E-state index contributed by atoms with van der Waals surface area (Å²) < 4.78 is 0. The second-order valence-corrected chi connectivity index (χ2v) is 5.55. The molecule has 98 valence electrons. The largest absolute Gasteiger partial charge is 0.478 e. The maximum atomic E-state index is 11.0. The van der Waals surface area contributed by atoms with E-state index in [1.54, 1.807) is 17.4 Å². The first-order valence-electron chi connectivity index (χ1n) is 6.36. The number of carboxylic acids is 1. The third-order valence-electron chi connectivity index (χ3n) is 3.57. The van der Waals surface area contributed by atoms with E-state index in [1.165, 1.54) is 11.3 Å². The summed E-state index contributed by atoms with van der Waals surface area (Å²) in [6.45, 7) is 1.98. The Hall–Kier alpha value is -1.81. The van der Waals surface area contributed by atoms with Crippen molar-refractivity contribution in [1.29, 1.82) is 0 Å². The minimum Gasteiger partial charge on any atom is -0.478 e. The molecule has 0 unspecified atom stereocenters. The van der Waals surface area contributed by atoms with Crippen LogP contribution in [0.2, 0.25) is 0 Å². The zero-order valence-corrected chi connectivity index (χ0v) is 11.3. The van der Waals surface area contributed by atoms with E-state index >= 15 is 0 Å². The van der Waals surface area contributed by atoms with Crippen LogP contribution in [-0.2, 0) is 12.8 Å². The zero-order valence-electron chi connectivity index (χ0n) is 10.5. The molecule has 1 aliphatic heterocycles. The van der Waals surface area contributed by atoms with Crippen molar-refractivity contribution >= 4 is 23.0 Å². The molecule has 19 heavy (non-hydrogen) atoms. The molecule has 1 aromatic heterocycles. The minimum absolute atomic E-state index is 0.387. The number of hydrogen-bond donors (Lipinski definition) is 1. The van der Waals surface area contributed by atoms with Crippen molar-refractivity contribution in [3.63, 3.8) is 0 Å². The molecule has 0 saturated heterocycles. The van der Waals surface area contributed by atoms with Crippen LogP contribution in [-0.4, -0.2) is 24.2 Å². The molecule has 0 atom stereocenters. The Balaban J connectivity index is 1.73. The lowest BCUT2D eigenvalue weighted by Crippen LogP contribution is -2.23. The molecule has 0 spiro atoms. The number of hydrogen-bond acceptors (Lipinski definition) is 3. The summed E-state index contributed by atoms with van der Waals surface area (Å²) in [5.74, 6) is -0.848. The standard InChI is InChI=1S/C15H15NO2S/c17-15(18)13-1-2-14-12(9-13)4-7-16(14)6-3-11-5-8-19-10-11/h1-2,5,8-10H,3-4,6-7H2,(H,17,18). The van der Waals surface area contributed by atoms with Gasteiger partial charge in [0.05, 0.1) is 5.56 Å². The fourth-order valence-electron chi connectivity index (χ4n) is 2.53. The number of aromatic carboxylic acids is 1. The highest BCUT2D eigenvalue weighted by atomic mass is 32.1. The van der Waals surface area contributed by atoms with Crippen molar-refractivity contribution in [2.45, 2.75) is 12.8 Å². The Kier molecular flexibility index (Phi) is 3.25. The van der Waals surface area contributed by atoms with Crippen molar-refractivity contribution in [1.82, 2.24) is 0 Å². The summed E-state index contributed by atoms with van der Waals surface area (Å²) in [5.41, 5.74) is 4.12. The monoisotopic (exact) mass is 273 g/mol. The molecule has 4 heteroatoms.